The Hall–Kier alpha value is -1.74. The molecule has 0 aromatic heterocycles. The van der Waals surface area contributed by atoms with Crippen molar-refractivity contribution in [3.8, 4) is 11.5 Å². The number of thioether (sulfide) groups is 1. The van der Waals surface area contributed by atoms with Crippen LogP contribution in [0.1, 0.15) is 26.2 Å². The summed E-state index contributed by atoms with van der Waals surface area (Å²) in [6.07, 6.45) is 2.10. The van der Waals surface area contributed by atoms with Crippen LogP contribution >= 0.6 is 11.8 Å². The lowest BCUT2D eigenvalue weighted by Gasteiger charge is -2.26. The van der Waals surface area contributed by atoms with Gasteiger partial charge in [0.25, 0.3) is 0 Å². The van der Waals surface area contributed by atoms with Crippen molar-refractivity contribution in [2.24, 2.45) is 4.99 Å². The second kappa shape index (κ2) is 8.10. The number of nitrogens with zero attached hydrogens (tertiary/aromatic N) is 2. The van der Waals surface area contributed by atoms with E-state index in [2.05, 4.69) is 4.99 Å². The van der Waals surface area contributed by atoms with E-state index in [9.17, 15) is 13.2 Å². The van der Waals surface area contributed by atoms with Crippen molar-refractivity contribution < 1.29 is 22.7 Å². The summed E-state index contributed by atoms with van der Waals surface area (Å²) in [5, 5.41) is 0.406. The summed E-state index contributed by atoms with van der Waals surface area (Å²) >= 11 is 1.37. The lowest BCUT2D eigenvalue weighted by Crippen LogP contribution is -2.38. The number of unbranched alkanes of at least 4 members (excludes halogenated alkanes) is 1. The van der Waals surface area contributed by atoms with E-state index in [-0.39, 0.29) is 28.7 Å². The maximum absolute atomic E-state index is 12.2. The van der Waals surface area contributed by atoms with Crippen LogP contribution in [-0.4, -0.2) is 56.5 Å². The Kier molecular flexibility index (Phi) is 6.00. The van der Waals surface area contributed by atoms with Gasteiger partial charge in [0.1, 0.15) is 11.5 Å². The lowest BCUT2D eigenvalue weighted by atomic mass is 10.2. The molecule has 0 N–H and O–H groups in total. The molecule has 0 spiro atoms. The Bertz CT molecular complexity index is 853. The number of carbonyl (C=O) groups is 1. The Morgan fingerprint density at radius 1 is 1.30 bits per heavy atom. The number of carbonyl (C=O) groups excluding carboxylic acids is 1. The zero-order chi connectivity index (χ0) is 19.6. The number of hydrogen-bond donors (Lipinski definition) is 0. The van der Waals surface area contributed by atoms with Crippen molar-refractivity contribution in [2.45, 2.75) is 37.5 Å². The summed E-state index contributed by atoms with van der Waals surface area (Å²) < 4.78 is 35.0. The molecule has 1 amide bonds. The van der Waals surface area contributed by atoms with Gasteiger partial charge in [-0.1, -0.05) is 25.1 Å². The monoisotopic (exact) mass is 412 g/mol. The number of fused-ring (bicyclic) bond motifs is 1. The van der Waals surface area contributed by atoms with Crippen LogP contribution in [0.3, 0.4) is 0 Å². The van der Waals surface area contributed by atoms with Gasteiger partial charge in [-0.2, -0.15) is 4.99 Å². The first-order valence-electron chi connectivity index (χ1n) is 8.88. The van der Waals surface area contributed by atoms with Crippen molar-refractivity contribution in [1.82, 2.24) is 0 Å². The number of ether oxygens (including phenoxy) is 2. The first kappa shape index (κ1) is 20.0. The number of amidine groups is 1. The summed E-state index contributed by atoms with van der Waals surface area (Å²) in [6, 6.07) is 5.08. The highest BCUT2D eigenvalue weighted by Crippen LogP contribution is 2.44. The minimum absolute atomic E-state index is 0.0437. The summed E-state index contributed by atoms with van der Waals surface area (Å²) in [7, 11) is 0.00482. The van der Waals surface area contributed by atoms with Crippen LogP contribution in [0.25, 0.3) is 0 Å². The number of anilines is 1. The van der Waals surface area contributed by atoms with Gasteiger partial charge in [0.15, 0.2) is 15.0 Å². The fourth-order valence-electron chi connectivity index (χ4n) is 3.32. The molecule has 0 radical (unpaired) electrons. The van der Waals surface area contributed by atoms with E-state index < -0.39 is 9.84 Å². The van der Waals surface area contributed by atoms with Gasteiger partial charge < -0.3 is 14.4 Å². The van der Waals surface area contributed by atoms with Gasteiger partial charge in [-0.05, 0) is 18.6 Å². The van der Waals surface area contributed by atoms with E-state index >= 15 is 0 Å². The molecule has 2 atom stereocenters. The zero-order valence-corrected chi connectivity index (χ0v) is 17.3. The van der Waals surface area contributed by atoms with Gasteiger partial charge in [0, 0.05) is 17.7 Å². The summed E-state index contributed by atoms with van der Waals surface area (Å²) in [5.41, 5.74) is 0.692. The van der Waals surface area contributed by atoms with E-state index in [0.717, 1.165) is 12.8 Å². The quantitative estimate of drug-likeness (QED) is 0.710. The topological polar surface area (TPSA) is 85.3 Å². The number of benzene rings is 1. The minimum Gasteiger partial charge on any atom is -0.497 e. The Morgan fingerprint density at radius 2 is 2.07 bits per heavy atom. The molecule has 0 bridgehead atoms. The maximum atomic E-state index is 12.2. The molecule has 2 heterocycles. The Labute approximate surface area is 164 Å². The van der Waals surface area contributed by atoms with Crippen molar-refractivity contribution >= 4 is 38.4 Å². The van der Waals surface area contributed by atoms with Gasteiger partial charge in [-0.15, -0.1) is 0 Å². The molecule has 3 rings (SSSR count). The molecule has 7 nitrogen and oxygen atoms in total. The van der Waals surface area contributed by atoms with E-state index in [1.165, 1.54) is 11.8 Å². The molecule has 148 valence electrons. The fraction of sp³-hybridized carbons (Fsp3) is 0.556. The first-order chi connectivity index (χ1) is 12.9. The SMILES string of the molecule is CCCCC(=O)N=C1SC2CS(=O)(=O)CC2N1c1ccc(OC)cc1OC. The normalized spacial score (nSPS) is 24.9. The zero-order valence-electron chi connectivity index (χ0n) is 15.7. The smallest absolute Gasteiger partial charge is 0.248 e. The van der Waals surface area contributed by atoms with Crippen LogP contribution in [0, 0.1) is 0 Å². The van der Waals surface area contributed by atoms with Crippen molar-refractivity contribution in [2.75, 3.05) is 30.6 Å². The van der Waals surface area contributed by atoms with Crippen LogP contribution in [0.15, 0.2) is 23.2 Å². The molecule has 9 heteroatoms. The largest absolute Gasteiger partial charge is 0.497 e. The molecule has 2 aliphatic rings. The van der Waals surface area contributed by atoms with Crippen LogP contribution in [0.5, 0.6) is 11.5 Å². The summed E-state index contributed by atoms with van der Waals surface area (Å²) in [4.78, 5) is 18.4. The average Bonchev–Trinajstić information content (AvgIpc) is 3.10. The maximum Gasteiger partial charge on any atom is 0.248 e. The Balaban J connectivity index is 2.01. The van der Waals surface area contributed by atoms with Gasteiger partial charge in [0.2, 0.25) is 5.91 Å². The molecule has 2 saturated heterocycles. The summed E-state index contributed by atoms with van der Waals surface area (Å²) in [5.74, 6) is 1.14. The molecule has 1 aromatic carbocycles. The molecule has 2 aliphatic heterocycles. The standard InChI is InChI=1S/C18H24N2O5S2/c1-4-5-6-17(21)19-18-20(14-10-27(22,23)11-16(14)26-18)13-8-7-12(24-2)9-15(13)25-3/h7-9,14,16H,4-6,10-11H2,1-3H3. The van der Waals surface area contributed by atoms with Crippen LogP contribution < -0.4 is 14.4 Å². The number of rotatable bonds is 6. The lowest BCUT2D eigenvalue weighted by molar-refractivity contribution is -0.117. The van der Waals surface area contributed by atoms with E-state index in [0.29, 0.717) is 28.8 Å². The third kappa shape index (κ3) is 4.24. The molecular weight excluding hydrogens is 388 g/mol. The van der Waals surface area contributed by atoms with Gasteiger partial charge in [-0.3, -0.25) is 4.79 Å². The first-order valence-corrected chi connectivity index (χ1v) is 11.6. The van der Waals surface area contributed by atoms with Crippen LogP contribution in [0.2, 0.25) is 0 Å². The minimum atomic E-state index is -3.11. The highest BCUT2D eigenvalue weighted by atomic mass is 32.2. The number of methoxy groups -OCH3 is 2. The second-order valence-corrected chi connectivity index (χ2v) is 9.96. The highest BCUT2D eigenvalue weighted by Gasteiger charge is 2.50. The van der Waals surface area contributed by atoms with E-state index in [4.69, 9.17) is 9.47 Å². The van der Waals surface area contributed by atoms with Gasteiger partial charge >= 0.3 is 0 Å². The highest BCUT2D eigenvalue weighted by molar-refractivity contribution is 8.16. The predicted molar refractivity (Wildman–Crippen MR) is 108 cm³/mol. The molecule has 27 heavy (non-hydrogen) atoms. The number of aliphatic imine (C=N–C) groups is 1. The van der Waals surface area contributed by atoms with Gasteiger partial charge in [-0.25, -0.2) is 8.42 Å². The molecule has 1 aromatic rings. The second-order valence-electron chi connectivity index (χ2n) is 6.60. The summed E-state index contributed by atoms with van der Waals surface area (Å²) in [6.45, 7) is 2.02. The van der Waals surface area contributed by atoms with Crippen LogP contribution in [-0.2, 0) is 14.6 Å². The Morgan fingerprint density at radius 3 is 2.74 bits per heavy atom. The van der Waals surface area contributed by atoms with E-state index in [1.807, 2.05) is 17.9 Å². The average molecular weight is 413 g/mol. The molecule has 2 unspecified atom stereocenters. The molecule has 0 aliphatic carbocycles. The number of hydrogen-bond acceptors (Lipinski definition) is 6. The van der Waals surface area contributed by atoms with Gasteiger partial charge in [0.05, 0.1) is 37.5 Å². The van der Waals surface area contributed by atoms with E-state index in [1.54, 1.807) is 26.4 Å². The molecule has 2 fully saturated rings. The fourth-order valence-corrected chi connectivity index (χ4v) is 7.24. The van der Waals surface area contributed by atoms with Crippen molar-refractivity contribution in [1.29, 1.82) is 0 Å². The predicted octanol–water partition coefficient (Wildman–Crippen LogP) is 2.50. The van der Waals surface area contributed by atoms with Crippen LogP contribution in [0.4, 0.5) is 5.69 Å². The molecular formula is C18H24N2O5S2. The third-order valence-corrected chi connectivity index (χ3v) is 7.89. The number of sulfone groups is 1. The number of amides is 1. The van der Waals surface area contributed by atoms with Crippen molar-refractivity contribution in [3.63, 3.8) is 0 Å². The van der Waals surface area contributed by atoms with Crippen molar-refractivity contribution in [3.05, 3.63) is 18.2 Å². The third-order valence-electron chi connectivity index (χ3n) is 4.68. The molecule has 0 saturated carbocycles.